The normalized spacial score (nSPS) is 14.0. The Morgan fingerprint density at radius 3 is 1.90 bits per heavy atom. The van der Waals surface area contributed by atoms with Gasteiger partial charge in [-0.1, -0.05) is 157 Å². The largest absolute Gasteiger partial charge is 0.376 e. The summed E-state index contributed by atoms with van der Waals surface area (Å²) in [7, 11) is 0. The number of anilines is 5. The lowest BCUT2D eigenvalue weighted by Gasteiger charge is -2.47. The Bertz CT molecular complexity index is 2760. The van der Waals surface area contributed by atoms with Crippen molar-refractivity contribution in [3.63, 3.8) is 0 Å². The van der Waals surface area contributed by atoms with Gasteiger partial charge in [-0.05, 0) is 143 Å². The van der Waals surface area contributed by atoms with E-state index in [2.05, 4.69) is 191 Å². The molecule has 0 bridgehead atoms. The molecular weight excluding hydrogens is 735 g/mol. The zero-order valence-electron chi connectivity index (χ0n) is 37.1. The summed E-state index contributed by atoms with van der Waals surface area (Å²) in [5.74, 6) is 0. The standard InChI is InChI=1S/C58H59BN2/c1-7-10-18-40-25-29-44(30-26-40)61-53-38-42(20-12-9-3)27-31-45(53)48-35-39(4)36-54-56(48)59(61)51-33-32-50-55(46-23-16-17-24-49(46)58(50,5)6)57(51)60(54)52-34-28-41(19-11-8-2)37-47(52)43-21-14-13-15-22-43/h13-17,21-38H,7-12,18-20H2,1-6H3. The number of nitrogens with zero attached hydrogens (tertiary/aromatic N) is 2. The van der Waals surface area contributed by atoms with Gasteiger partial charge < -0.3 is 9.71 Å². The Labute approximate surface area is 365 Å². The van der Waals surface area contributed by atoms with Crippen LogP contribution in [0.25, 0.3) is 33.4 Å². The van der Waals surface area contributed by atoms with E-state index in [0.717, 1.165) is 19.3 Å². The van der Waals surface area contributed by atoms with Crippen LogP contribution in [0.2, 0.25) is 0 Å². The van der Waals surface area contributed by atoms with Crippen molar-refractivity contribution in [3.05, 3.63) is 173 Å². The second kappa shape index (κ2) is 15.9. The van der Waals surface area contributed by atoms with E-state index in [9.17, 15) is 0 Å². The third-order valence-corrected chi connectivity index (χ3v) is 14.0. The number of fused-ring (bicyclic) bond motifs is 8. The predicted octanol–water partition coefficient (Wildman–Crippen LogP) is 14.7. The predicted molar refractivity (Wildman–Crippen MR) is 264 cm³/mol. The van der Waals surface area contributed by atoms with Crippen molar-refractivity contribution in [2.75, 3.05) is 9.71 Å². The number of unbranched alkanes of at least 4 members (excludes halogenated alkanes) is 3. The van der Waals surface area contributed by atoms with Gasteiger partial charge in [-0.25, -0.2) is 0 Å². The summed E-state index contributed by atoms with van der Waals surface area (Å²) in [4.78, 5) is 5.42. The number of aryl methyl sites for hydroxylation is 4. The SMILES string of the molecule is CCCCc1ccc(N2B3c4ccc5c(c4N(c4ccc(CCCC)cc4-c4ccccc4)c4cc(C)cc(c43)-c3ccc(CCCC)cc32)-c2ccccc2C5(C)C)cc1. The van der Waals surface area contributed by atoms with Gasteiger partial charge in [0.2, 0.25) is 0 Å². The molecule has 3 aliphatic rings. The van der Waals surface area contributed by atoms with E-state index in [1.807, 2.05) is 0 Å². The molecule has 0 fully saturated rings. The summed E-state index contributed by atoms with van der Waals surface area (Å²) in [6, 6.07) is 54.6. The van der Waals surface area contributed by atoms with Gasteiger partial charge in [-0.15, -0.1) is 0 Å². The van der Waals surface area contributed by atoms with E-state index in [4.69, 9.17) is 0 Å². The summed E-state index contributed by atoms with van der Waals surface area (Å²) in [5.41, 5.74) is 25.3. The Kier molecular flexibility index (Phi) is 10.3. The summed E-state index contributed by atoms with van der Waals surface area (Å²) >= 11 is 0. The van der Waals surface area contributed by atoms with Gasteiger partial charge in [-0.3, -0.25) is 0 Å². The lowest BCUT2D eigenvalue weighted by atomic mass is 9.43. The minimum absolute atomic E-state index is 0.0301. The molecule has 0 aromatic heterocycles. The van der Waals surface area contributed by atoms with Crippen LogP contribution >= 0.6 is 0 Å². The minimum Gasteiger partial charge on any atom is -0.376 e. The fraction of sp³-hybridized carbons (Fsp3) is 0.276. The molecule has 0 saturated heterocycles. The highest BCUT2D eigenvalue weighted by Crippen LogP contribution is 2.57. The fourth-order valence-electron chi connectivity index (χ4n) is 10.9. The maximum Gasteiger partial charge on any atom is 0.333 e. The highest BCUT2D eigenvalue weighted by atomic mass is 15.2. The van der Waals surface area contributed by atoms with Crippen molar-refractivity contribution in [1.29, 1.82) is 0 Å². The molecule has 2 aliphatic heterocycles. The quantitative estimate of drug-likeness (QED) is 0.114. The summed E-state index contributed by atoms with van der Waals surface area (Å²) in [6.07, 6.45) is 10.4. The molecule has 0 spiro atoms. The molecule has 2 heterocycles. The summed E-state index contributed by atoms with van der Waals surface area (Å²) in [5, 5.41) is 0. The lowest BCUT2D eigenvalue weighted by Crippen LogP contribution is -2.61. The van der Waals surface area contributed by atoms with E-state index in [0.29, 0.717) is 0 Å². The average Bonchev–Trinajstić information content (AvgIpc) is 3.53. The zero-order chi connectivity index (χ0) is 41.8. The van der Waals surface area contributed by atoms with Crippen molar-refractivity contribution in [2.24, 2.45) is 0 Å². The molecule has 0 atom stereocenters. The first-order chi connectivity index (χ1) is 29.8. The van der Waals surface area contributed by atoms with Gasteiger partial charge in [0.1, 0.15) is 0 Å². The van der Waals surface area contributed by atoms with E-state index < -0.39 is 0 Å². The molecule has 10 rings (SSSR count). The Morgan fingerprint density at radius 1 is 0.508 bits per heavy atom. The van der Waals surface area contributed by atoms with Gasteiger partial charge in [0, 0.05) is 39.2 Å². The van der Waals surface area contributed by atoms with Crippen molar-refractivity contribution in [1.82, 2.24) is 0 Å². The van der Waals surface area contributed by atoms with Crippen LogP contribution in [0, 0.1) is 6.92 Å². The van der Waals surface area contributed by atoms with Crippen LogP contribution in [-0.4, -0.2) is 6.85 Å². The first-order valence-corrected chi connectivity index (χ1v) is 23.2. The molecule has 61 heavy (non-hydrogen) atoms. The van der Waals surface area contributed by atoms with Gasteiger partial charge in [0.25, 0.3) is 0 Å². The Morgan fingerprint density at radius 2 is 1.16 bits per heavy atom. The van der Waals surface area contributed by atoms with Gasteiger partial charge in [-0.2, -0.15) is 0 Å². The molecule has 0 N–H and O–H groups in total. The van der Waals surface area contributed by atoms with Crippen LogP contribution in [0.5, 0.6) is 0 Å². The number of rotatable bonds is 12. The van der Waals surface area contributed by atoms with Gasteiger partial charge >= 0.3 is 6.85 Å². The summed E-state index contributed by atoms with van der Waals surface area (Å²) in [6.45, 7) is 14.0. The molecule has 2 nitrogen and oxygen atoms in total. The maximum absolute atomic E-state index is 2.72. The monoisotopic (exact) mass is 794 g/mol. The third kappa shape index (κ3) is 6.55. The molecular formula is C58H59BN2. The van der Waals surface area contributed by atoms with Gasteiger partial charge in [0.15, 0.2) is 0 Å². The zero-order valence-corrected chi connectivity index (χ0v) is 37.1. The maximum atomic E-state index is 2.72. The lowest BCUT2D eigenvalue weighted by molar-refractivity contribution is 0.660. The number of hydrogen-bond acceptors (Lipinski definition) is 2. The van der Waals surface area contributed by atoms with Crippen LogP contribution in [-0.2, 0) is 24.7 Å². The second-order valence-electron chi connectivity index (χ2n) is 18.5. The first-order valence-electron chi connectivity index (χ1n) is 23.2. The fourth-order valence-corrected chi connectivity index (χ4v) is 10.9. The van der Waals surface area contributed by atoms with Crippen LogP contribution in [0.15, 0.2) is 140 Å². The molecule has 3 heteroatoms. The molecule has 7 aromatic rings. The topological polar surface area (TPSA) is 6.48 Å². The van der Waals surface area contributed by atoms with E-state index >= 15 is 0 Å². The Balaban J connectivity index is 1.32. The molecule has 0 saturated carbocycles. The van der Waals surface area contributed by atoms with Crippen LogP contribution in [0.4, 0.5) is 28.4 Å². The second-order valence-corrected chi connectivity index (χ2v) is 18.5. The van der Waals surface area contributed by atoms with Crippen molar-refractivity contribution >= 4 is 46.2 Å². The molecule has 0 amide bonds. The first kappa shape index (κ1) is 39.3. The van der Waals surface area contributed by atoms with Crippen LogP contribution in [0.1, 0.15) is 107 Å². The van der Waals surface area contributed by atoms with E-state index in [1.54, 1.807) is 0 Å². The highest BCUT2D eigenvalue weighted by Gasteiger charge is 2.49. The van der Waals surface area contributed by atoms with E-state index in [1.165, 1.54) is 145 Å². The van der Waals surface area contributed by atoms with Crippen molar-refractivity contribution in [2.45, 2.75) is 105 Å². The van der Waals surface area contributed by atoms with Gasteiger partial charge in [0.05, 0.1) is 11.4 Å². The van der Waals surface area contributed by atoms with E-state index in [-0.39, 0.29) is 12.3 Å². The molecule has 7 aromatic carbocycles. The average molecular weight is 795 g/mol. The summed E-state index contributed by atoms with van der Waals surface area (Å²) < 4.78 is 0. The molecule has 304 valence electrons. The van der Waals surface area contributed by atoms with Crippen molar-refractivity contribution in [3.8, 4) is 33.4 Å². The highest BCUT2D eigenvalue weighted by molar-refractivity contribution is 6.93. The third-order valence-electron chi connectivity index (χ3n) is 14.0. The minimum atomic E-state index is -0.141. The molecule has 0 radical (unpaired) electrons. The number of hydrogen-bond donors (Lipinski definition) is 0. The molecule has 1 aliphatic carbocycles. The number of benzene rings is 7. The molecule has 0 unspecified atom stereocenters. The van der Waals surface area contributed by atoms with Crippen LogP contribution < -0.4 is 20.6 Å². The van der Waals surface area contributed by atoms with Crippen LogP contribution in [0.3, 0.4) is 0 Å². The Hall–Kier alpha value is -5.80. The van der Waals surface area contributed by atoms with Crippen molar-refractivity contribution < 1.29 is 0 Å². The smallest absolute Gasteiger partial charge is 0.333 e.